The Bertz CT molecular complexity index is 385. The molecule has 90 valence electrons. The molecule has 1 rings (SSSR count). The van der Waals surface area contributed by atoms with Crippen LogP contribution in [0.5, 0.6) is 0 Å². The van der Waals surface area contributed by atoms with Gasteiger partial charge in [-0.15, -0.1) is 11.6 Å². The van der Waals surface area contributed by atoms with Crippen molar-refractivity contribution in [3.63, 3.8) is 0 Å². The van der Waals surface area contributed by atoms with Crippen molar-refractivity contribution in [2.45, 2.75) is 40.2 Å². The van der Waals surface area contributed by atoms with E-state index in [4.69, 9.17) is 11.6 Å². The molecule has 0 aliphatic heterocycles. The first-order valence-corrected chi connectivity index (χ1v) is 5.92. The number of aromatic nitrogens is 2. The van der Waals surface area contributed by atoms with Crippen LogP contribution in [0.1, 0.15) is 37.7 Å². The molecular weight excluding hydrogens is 226 g/mol. The fraction of sp³-hybridized carbons (Fsp3) is 0.636. The summed E-state index contributed by atoms with van der Waals surface area (Å²) in [5, 5.41) is 7.24. The quantitative estimate of drug-likeness (QED) is 0.827. The van der Waals surface area contributed by atoms with Crippen LogP contribution in [0.25, 0.3) is 0 Å². The van der Waals surface area contributed by atoms with Crippen LogP contribution in [0.2, 0.25) is 0 Å². The lowest BCUT2D eigenvalue weighted by molar-refractivity contribution is -0.115. The van der Waals surface area contributed by atoms with Crippen molar-refractivity contribution in [1.82, 2.24) is 9.78 Å². The number of aryl methyl sites for hydroxylation is 1. The molecule has 0 aliphatic carbocycles. The lowest BCUT2D eigenvalue weighted by Crippen LogP contribution is -2.13. The van der Waals surface area contributed by atoms with Gasteiger partial charge in [0.05, 0.1) is 17.1 Å². The number of rotatable bonds is 4. The third-order valence-corrected chi connectivity index (χ3v) is 2.59. The van der Waals surface area contributed by atoms with Gasteiger partial charge in [-0.3, -0.25) is 9.48 Å². The van der Waals surface area contributed by atoms with E-state index in [0.717, 1.165) is 17.1 Å². The Morgan fingerprint density at radius 3 is 2.56 bits per heavy atom. The molecule has 0 aliphatic rings. The van der Waals surface area contributed by atoms with Crippen molar-refractivity contribution in [3.05, 3.63) is 11.4 Å². The van der Waals surface area contributed by atoms with Gasteiger partial charge in [0.1, 0.15) is 0 Å². The molecule has 4 nitrogen and oxygen atoms in total. The molecule has 0 spiro atoms. The molecule has 0 saturated heterocycles. The Labute approximate surface area is 101 Å². The molecule has 0 saturated carbocycles. The Morgan fingerprint density at radius 2 is 2.12 bits per heavy atom. The topological polar surface area (TPSA) is 46.9 Å². The second-order valence-corrected chi connectivity index (χ2v) is 4.45. The molecule has 1 aromatic rings. The van der Waals surface area contributed by atoms with Gasteiger partial charge in [-0.05, 0) is 27.7 Å². The SMILES string of the molecule is Cc1nn(C(C)C)c(C)c1NC(=O)CCCl. The van der Waals surface area contributed by atoms with E-state index in [0.29, 0.717) is 12.3 Å². The van der Waals surface area contributed by atoms with Gasteiger partial charge < -0.3 is 5.32 Å². The highest BCUT2D eigenvalue weighted by molar-refractivity contribution is 6.19. The Balaban J connectivity index is 2.92. The van der Waals surface area contributed by atoms with E-state index in [1.807, 2.05) is 18.5 Å². The maximum absolute atomic E-state index is 11.5. The number of halogens is 1. The summed E-state index contributed by atoms with van der Waals surface area (Å²) in [6.45, 7) is 7.96. The van der Waals surface area contributed by atoms with Crippen molar-refractivity contribution in [1.29, 1.82) is 0 Å². The monoisotopic (exact) mass is 243 g/mol. The predicted octanol–water partition coefficient (Wildman–Crippen LogP) is 2.65. The summed E-state index contributed by atoms with van der Waals surface area (Å²) >= 11 is 5.52. The van der Waals surface area contributed by atoms with Crippen LogP contribution in [0, 0.1) is 13.8 Å². The smallest absolute Gasteiger partial charge is 0.225 e. The van der Waals surface area contributed by atoms with Gasteiger partial charge in [-0.25, -0.2) is 0 Å². The molecule has 0 atom stereocenters. The van der Waals surface area contributed by atoms with Crippen molar-refractivity contribution in [2.75, 3.05) is 11.2 Å². The van der Waals surface area contributed by atoms with Crippen LogP contribution in [0.3, 0.4) is 0 Å². The maximum atomic E-state index is 11.5. The number of nitrogens with zero attached hydrogens (tertiary/aromatic N) is 2. The number of alkyl halides is 1. The zero-order valence-electron chi connectivity index (χ0n) is 10.2. The largest absolute Gasteiger partial charge is 0.323 e. The zero-order valence-corrected chi connectivity index (χ0v) is 10.9. The number of amides is 1. The summed E-state index contributed by atoms with van der Waals surface area (Å²) in [5.74, 6) is 0.270. The number of hydrogen-bond acceptors (Lipinski definition) is 2. The van der Waals surface area contributed by atoms with Gasteiger partial charge in [0.2, 0.25) is 5.91 Å². The maximum Gasteiger partial charge on any atom is 0.225 e. The van der Waals surface area contributed by atoms with Crippen molar-refractivity contribution < 1.29 is 4.79 Å². The highest BCUT2D eigenvalue weighted by Gasteiger charge is 2.15. The normalized spacial score (nSPS) is 10.9. The van der Waals surface area contributed by atoms with Crippen molar-refractivity contribution in [2.24, 2.45) is 0 Å². The number of hydrogen-bond donors (Lipinski definition) is 1. The molecule has 1 amide bonds. The highest BCUT2D eigenvalue weighted by Crippen LogP contribution is 2.22. The molecule has 0 aromatic carbocycles. The first kappa shape index (κ1) is 13.0. The predicted molar refractivity (Wildman–Crippen MR) is 66.1 cm³/mol. The zero-order chi connectivity index (χ0) is 12.3. The Hall–Kier alpha value is -1.03. The summed E-state index contributed by atoms with van der Waals surface area (Å²) in [7, 11) is 0. The van der Waals surface area contributed by atoms with Gasteiger partial charge >= 0.3 is 0 Å². The lowest BCUT2D eigenvalue weighted by atomic mass is 10.3. The van der Waals surface area contributed by atoms with E-state index >= 15 is 0 Å². The van der Waals surface area contributed by atoms with Crippen LogP contribution in [-0.2, 0) is 4.79 Å². The van der Waals surface area contributed by atoms with E-state index in [-0.39, 0.29) is 11.9 Å². The first-order valence-electron chi connectivity index (χ1n) is 5.39. The molecule has 0 fully saturated rings. The van der Waals surface area contributed by atoms with Crippen molar-refractivity contribution in [3.8, 4) is 0 Å². The Morgan fingerprint density at radius 1 is 1.50 bits per heavy atom. The molecule has 5 heteroatoms. The minimum Gasteiger partial charge on any atom is -0.323 e. The minimum absolute atomic E-state index is 0.0653. The summed E-state index contributed by atoms with van der Waals surface area (Å²) in [6.07, 6.45) is 0.327. The first-order chi connectivity index (χ1) is 7.47. The van der Waals surface area contributed by atoms with Crippen LogP contribution in [0.4, 0.5) is 5.69 Å². The third kappa shape index (κ3) is 2.76. The van der Waals surface area contributed by atoms with Crippen LogP contribution in [-0.4, -0.2) is 21.6 Å². The van der Waals surface area contributed by atoms with Gasteiger partial charge in [-0.1, -0.05) is 0 Å². The molecule has 0 unspecified atom stereocenters. The van der Waals surface area contributed by atoms with Gasteiger partial charge in [-0.2, -0.15) is 5.10 Å². The summed E-state index contributed by atoms with van der Waals surface area (Å²) in [6, 6.07) is 0.289. The summed E-state index contributed by atoms with van der Waals surface area (Å²) in [5.41, 5.74) is 2.63. The average molecular weight is 244 g/mol. The van der Waals surface area contributed by atoms with E-state index in [1.165, 1.54) is 0 Å². The molecule has 0 radical (unpaired) electrons. The third-order valence-electron chi connectivity index (χ3n) is 2.40. The standard InChI is InChI=1S/C11H18ClN3O/c1-7(2)15-9(4)11(8(3)14-15)13-10(16)5-6-12/h7H,5-6H2,1-4H3,(H,13,16). The van der Waals surface area contributed by atoms with Crippen LogP contribution < -0.4 is 5.32 Å². The van der Waals surface area contributed by atoms with Gasteiger partial charge in [0, 0.05) is 18.3 Å². The van der Waals surface area contributed by atoms with Crippen LogP contribution in [0.15, 0.2) is 0 Å². The Kier molecular flexibility index (Phi) is 4.35. The average Bonchev–Trinajstić information content (AvgIpc) is 2.46. The second kappa shape index (κ2) is 5.34. The highest BCUT2D eigenvalue weighted by atomic mass is 35.5. The molecule has 0 bridgehead atoms. The van der Waals surface area contributed by atoms with Crippen molar-refractivity contribution >= 4 is 23.2 Å². The van der Waals surface area contributed by atoms with Crippen LogP contribution >= 0.6 is 11.6 Å². The van der Waals surface area contributed by atoms with E-state index in [2.05, 4.69) is 24.3 Å². The number of carbonyl (C=O) groups is 1. The number of nitrogens with one attached hydrogen (secondary N) is 1. The fourth-order valence-electron chi connectivity index (χ4n) is 1.63. The lowest BCUT2D eigenvalue weighted by Gasteiger charge is -2.09. The summed E-state index contributed by atoms with van der Waals surface area (Å²) < 4.78 is 1.91. The summed E-state index contributed by atoms with van der Waals surface area (Å²) in [4.78, 5) is 11.5. The molecule has 1 heterocycles. The van der Waals surface area contributed by atoms with Gasteiger partial charge in [0.25, 0.3) is 0 Å². The molecule has 1 aromatic heterocycles. The number of carbonyl (C=O) groups excluding carboxylic acids is 1. The minimum atomic E-state index is -0.0653. The van der Waals surface area contributed by atoms with E-state index < -0.39 is 0 Å². The second-order valence-electron chi connectivity index (χ2n) is 4.07. The number of anilines is 1. The molecule has 16 heavy (non-hydrogen) atoms. The van der Waals surface area contributed by atoms with E-state index in [1.54, 1.807) is 0 Å². The molecular formula is C11H18ClN3O. The molecule has 1 N–H and O–H groups in total. The fourth-order valence-corrected chi connectivity index (χ4v) is 1.81. The van der Waals surface area contributed by atoms with E-state index in [9.17, 15) is 4.79 Å². The van der Waals surface area contributed by atoms with Gasteiger partial charge in [0.15, 0.2) is 0 Å².